The fourth-order valence-corrected chi connectivity index (χ4v) is 2.65. The molecule has 0 radical (unpaired) electrons. The molecule has 0 aliphatic heterocycles. The van der Waals surface area contributed by atoms with E-state index in [-0.39, 0.29) is 11.3 Å². The van der Waals surface area contributed by atoms with Gasteiger partial charge in [0.1, 0.15) is 17.5 Å². The number of nitrogen functional groups attached to an aromatic ring is 1. The number of anilines is 1. The van der Waals surface area contributed by atoms with Crippen LogP contribution in [0.1, 0.15) is 5.56 Å². The fraction of sp³-hybridized carbons (Fsp3) is 0. The molecular weight excluding hydrogens is 280 g/mol. The Labute approximate surface area is 115 Å². The van der Waals surface area contributed by atoms with E-state index in [1.807, 2.05) is 0 Å². The highest BCUT2D eigenvalue weighted by Crippen LogP contribution is 2.30. The van der Waals surface area contributed by atoms with E-state index in [1.54, 1.807) is 18.3 Å². The van der Waals surface area contributed by atoms with Crippen molar-refractivity contribution in [1.29, 1.82) is 5.26 Å². The molecule has 0 unspecified atom stereocenters. The molecule has 0 spiro atoms. The standard InChI is InChI=1S/C11H6N6O2S/c12-5-6-3-7-9(4-8(6)17(18)19)20-11(14-7)16-2-1-10(13)15-16/h1-4H,(H2,13,15). The Hall–Kier alpha value is -2.99. The van der Waals surface area contributed by atoms with Crippen LogP contribution in [-0.2, 0) is 0 Å². The quantitative estimate of drug-likeness (QED) is 0.566. The van der Waals surface area contributed by atoms with Gasteiger partial charge in [-0.1, -0.05) is 11.3 Å². The van der Waals surface area contributed by atoms with Gasteiger partial charge in [-0.2, -0.15) is 5.26 Å². The Morgan fingerprint density at radius 3 is 2.90 bits per heavy atom. The first-order valence-electron chi connectivity index (χ1n) is 5.39. The molecule has 0 fully saturated rings. The predicted molar refractivity (Wildman–Crippen MR) is 72.5 cm³/mol. The lowest BCUT2D eigenvalue weighted by molar-refractivity contribution is -0.385. The van der Waals surface area contributed by atoms with Crippen molar-refractivity contribution in [2.75, 3.05) is 5.73 Å². The minimum absolute atomic E-state index is 0.0145. The van der Waals surface area contributed by atoms with E-state index < -0.39 is 4.92 Å². The number of benzene rings is 1. The van der Waals surface area contributed by atoms with E-state index in [2.05, 4.69) is 10.1 Å². The van der Waals surface area contributed by atoms with Crippen molar-refractivity contribution in [3.8, 4) is 11.2 Å². The van der Waals surface area contributed by atoms with Crippen LogP contribution >= 0.6 is 11.3 Å². The molecule has 20 heavy (non-hydrogen) atoms. The molecule has 0 atom stereocenters. The molecule has 1 aromatic carbocycles. The van der Waals surface area contributed by atoms with Gasteiger partial charge in [0, 0.05) is 18.3 Å². The molecule has 0 saturated carbocycles. The van der Waals surface area contributed by atoms with Gasteiger partial charge < -0.3 is 5.73 Å². The Balaban J connectivity index is 2.21. The third kappa shape index (κ3) is 1.84. The van der Waals surface area contributed by atoms with Crippen LogP contribution in [0.3, 0.4) is 0 Å². The van der Waals surface area contributed by atoms with Gasteiger partial charge in [0.25, 0.3) is 5.69 Å². The number of fused-ring (bicyclic) bond motifs is 1. The summed E-state index contributed by atoms with van der Waals surface area (Å²) >= 11 is 1.23. The second-order valence-electron chi connectivity index (χ2n) is 3.89. The highest BCUT2D eigenvalue weighted by Gasteiger charge is 2.18. The highest BCUT2D eigenvalue weighted by atomic mass is 32.1. The molecule has 3 rings (SSSR count). The SMILES string of the molecule is N#Cc1cc2nc(-n3ccc(N)n3)sc2cc1[N+](=O)[O-]. The summed E-state index contributed by atoms with van der Waals surface area (Å²) in [5, 5.41) is 24.4. The zero-order chi connectivity index (χ0) is 14.3. The van der Waals surface area contributed by atoms with Gasteiger partial charge in [-0.25, -0.2) is 9.67 Å². The minimum atomic E-state index is -0.580. The Morgan fingerprint density at radius 1 is 1.50 bits per heavy atom. The van der Waals surface area contributed by atoms with Gasteiger partial charge in [-0.05, 0) is 6.07 Å². The summed E-state index contributed by atoms with van der Waals surface area (Å²) in [5.74, 6) is 0.355. The molecule has 0 aliphatic rings. The predicted octanol–water partition coefficient (Wildman–Crippen LogP) is 1.84. The van der Waals surface area contributed by atoms with Crippen molar-refractivity contribution in [2.45, 2.75) is 0 Å². The summed E-state index contributed by atoms with van der Waals surface area (Å²) in [4.78, 5) is 14.6. The molecule has 8 nitrogen and oxygen atoms in total. The van der Waals surface area contributed by atoms with Crippen LogP contribution in [0.4, 0.5) is 11.5 Å². The van der Waals surface area contributed by atoms with Crippen molar-refractivity contribution < 1.29 is 4.92 Å². The normalized spacial score (nSPS) is 10.6. The molecule has 9 heteroatoms. The molecule has 0 amide bonds. The highest BCUT2D eigenvalue weighted by molar-refractivity contribution is 7.20. The van der Waals surface area contributed by atoms with Crippen LogP contribution in [0, 0.1) is 21.4 Å². The summed E-state index contributed by atoms with van der Waals surface area (Å²) in [6.45, 7) is 0. The van der Waals surface area contributed by atoms with Crippen LogP contribution in [0.25, 0.3) is 15.3 Å². The maximum Gasteiger partial charge on any atom is 0.288 e. The number of nitrogens with two attached hydrogens (primary N) is 1. The molecule has 2 heterocycles. The van der Waals surface area contributed by atoms with Gasteiger partial charge in [0.2, 0.25) is 5.13 Å². The van der Waals surface area contributed by atoms with E-state index in [9.17, 15) is 10.1 Å². The van der Waals surface area contributed by atoms with Crippen molar-refractivity contribution in [3.05, 3.63) is 40.1 Å². The smallest absolute Gasteiger partial charge is 0.288 e. The van der Waals surface area contributed by atoms with Crippen molar-refractivity contribution in [2.24, 2.45) is 0 Å². The largest absolute Gasteiger partial charge is 0.382 e. The number of thiazole rings is 1. The second kappa shape index (κ2) is 4.29. The van der Waals surface area contributed by atoms with Crippen molar-refractivity contribution in [3.63, 3.8) is 0 Å². The Morgan fingerprint density at radius 2 is 2.30 bits per heavy atom. The summed E-state index contributed by atoms with van der Waals surface area (Å²) in [7, 11) is 0. The zero-order valence-electron chi connectivity index (χ0n) is 9.85. The van der Waals surface area contributed by atoms with Gasteiger partial charge in [0.05, 0.1) is 15.1 Å². The molecule has 0 saturated heterocycles. The topological polar surface area (TPSA) is 124 Å². The van der Waals surface area contributed by atoms with Crippen LogP contribution in [0.2, 0.25) is 0 Å². The van der Waals surface area contributed by atoms with E-state index in [4.69, 9.17) is 11.0 Å². The Kier molecular flexibility index (Phi) is 2.59. The van der Waals surface area contributed by atoms with E-state index in [0.717, 1.165) is 0 Å². The molecule has 0 bridgehead atoms. The van der Waals surface area contributed by atoms with E-state index in [1.165, 1.54) is 28.2 Å². The lowest BCUT2D eigenvalue weighted by Crippen LogP contribution is -1.95. The minimum Gasteiger partial charge on any atom is -0.382 e. The maximum atomic E-state index is 10.9. The van der Waals surface area contributed by atoms with E-state index in [0.29, 0.717) is 21.2 Å². The summed E-state index contributed by atoms with van der Waals surface area (Å²) in [6.07, 6.45) is 1.65. The zero-order valence-corrected chi connectivity index (χ0v) is 10.7. The molecule has 3 aromatic rings. The van der Waals surface area contributed by atoms with Gasteiger partial charge in [-0.3, -0.25) is 10.1 Å². The molecule has 98 valence electrons. The average Bonchev–Trinajstić information content (AvgIpc) is 3.02. The van der Waals surface area contributed by atoms with E-state index >= 15 is 0 Å². The average molecular weight is 286 g/mol. The van der Waals surface area contributed by atoms with Crippen LogP contribution < -0.4 is 5.73 Å². The third-order valence-electron chi connectivity index (χ3n) is 2.62. The maximum absolute atomic E-state index is 10.9. The number of nitro benzene ring substituents is 1. The first-order valence-corrected chi connectivity index (χ1v) is 6.21. The number of aromatic nitrogens is 3. The third-order valence-corrected chi connectivity index (χ3v) is 3.63. The van der Waals surface area contributed by atoms with Gasteiger partial charge in [-0.15, -0.1) is 5.10 Å². The summed E-state index contributed by atoms with van der Waals surface area (Å²) in [5.41, 5.74) is 5.81. The van der Waals surface area contributed by atoms with Crippen LogP contribution in [0.15, 0.2) is 24.4 Å². The summed E-state index contributed by atoms with van der Waals surface area (Å²) in [6, 6.07) is 6.18. The first kappa shape index (κ1) is 12.1. The monoisotopic (exact) mass is 286 g/mol. The molecule has 2 aromatic heterocycles. The molecule has 0 aliphatic carbocycles. The fourth-order valence-electron chi connectivity index (χ4n) is 1.73. The second-order valence-corrected chi connectivity index (χ2v) is 4.90. The molecular formula is C11H6N6O2S. The lowest BCUT2D eigenvalue weighted by Gasteiger charge is -1.93. The number of nitro groups is 1. The number of nitriles is 1. The number of hydrogen-bond donors (Lipinski definition) is 1. The number of rotatable bonds is 2. The van der Waals surface area contributed by atoms with Crippen molar-refractivity contribution in [1.82, 2.24) is 14.8 Å². The van der Waals surface area contributed by atoms with Crippen LogP contribution in [-0.4, -0.2) is 19.7 Å². The van der Waals surface area contributed by atoms with Gasteiger partial charge in [0.15, 0.2) is 0 Å². The van der Waals surface area contributed by atoms with Gasteiger partial charge >= 0.3 is 0 Å². The van der Waals surface area contributed by atoms with Crippen LogP contribution in [0.5, 0.6) is 0 Å². The lowest BCUT2D eigenvalue weighted by atomic mass is 10.2. The number of hydrogen-bond acceptors (Lipinski definition) is 7. The van der Waals surface area contributed by atoms with Crippen molar-refractivity contribution >= 4 is 33.1 Å². The first-order chi connectivity index (χ1) is 9.58. The number of nitrogens with zero attached hydrogens (tertiary/aromatic N) is 5. The Bertz CT molecular complexity index is 875. The molecule has 2 N–H and O–H groups in total. The summed E-state index contributed by atoms with van der Waals surface area (Å²) < 4.78 is 2.09.